The van der Waals surface area contributed by atoms with Crippen molar-refractivity contribution >= 4 is 5.82 Å². The summed E-state index contributed by atoms with van der Waals surface area (Å²) in [4.78, 5) is 8.75. The van der Waals surface area contributed by atoms with Gasteiger partial charge in [-0.25, -0.2) is 9.97 Å². The van der Waals surface area contributed by atoms with Crippen molar-refractivity contribution in [3.05, 3.63) is 29.7 Å². The lowest BCUT2D eigenvalue weighted by atomic mass is 10.1. The number of hydrogen-bond acceptors (Lipinski definition) is 5. The molecule has 5 nitrogen and oxygen atoms in total. The van der Waals surface area contributed by atoms with Crippen molar-refractivity contribution in [1.29, 1.82) is 0 Å². The van der Waals surface area contributed by atoms with Crippen LogP contribution in [0.3, 0.4) is 0 Å². The molecule has 0 amide bonds. The van der Waals surface area contributed by atoms with Crippen LogP contribution < -0.4 is 11.1 Å². The normalized spacial score (nSPS) is 14.8. The Balaban J connectivity index is 2.12. The molecule has 3 heterocycles. The van der Waals surface area contributed by atoms with Crippen molar-refractivity contribution in [1.82, 2.24) is 15.3 Å². The molecule has 5 heteroatoms. The van der Waals surface area contributed by atoms with E-state index < -0.39 is 0 Å². The van der Waals surface area contributed by atoms with E-state index in [1.165, 1.54) is 0 Å². The molecule has 2 aromatic rings. The number of nitrogens with zero attached hydrogens (tertiary/aromatic N) is 2. The summed E-state index contributed by atoms with van der Waals surface area (Å²) >= 11 is 0. The lowest BCUT2D eigenvalue weighted by Gasteiger charge is -2.17. The highest BCUT2D eigenvalue weighted by Crippen LogP contribution is 2.22. The fraction of sp³-hybridized carbons (Fsp3) is 0.273. The summed E-state index contributed by atoms with van der Waals surface area (Å²) in [6, 6.07) is 3.65. The Morgan fingerprint density at radius 2 is 2.31 bits per heavy atom. The van der Waals surface area contributed by atoms with Crippen LogP contribution in [0.1, 0.15) is 11.3 Å². The lowest BCUT2D eigenvalue weighted by Crippen LogP contribution is -2.26. The molecule has 0 spiro atoms. The maximum atomic E-state index is 5.92. The lowest BCUT2D eigenvalue weighted by molar-refractivity contribution is 0.574. The van der Waals surface area contributed by atoms with Gasteiger partial charge in [0.1, 0.15) is 5.82 Å². The first-order chi connectivity index (χ1) is 7.84. The molecule has 0 radical (unpaired) electrons. The Morgan fingerprint density at radius 3 is 3.12 bits per heavy atom. The van der Waals surface area contributed by atoms with Gasteiger partial charge in [-0.15, -0.1) is 0 Å². The molecule has 3 rings (SSSR count). The summed E-state index contributed by atoms with van der Waals surface area (Å²) in [5, 5.41) is 3.25. The zero-order valence-electron chi connectivity index (χ0n) is 8.73. The molecular formula is C11H12N4O. The third-order valence-corrected chi connectivity index (χ3v) is 2.71. The molecule has 0 aromatic carbocycles. The highest BCUT2D eigenvalue weighted by atomic mass is 16.3. The second-order valence-electron chi connectivity index (χ2n) is 3.76. The van der Waals surface area contributed by atoms with Crippen LogP contribution in [0.5, 0.6) is 0 Å². The minimum absolute atomic E-state index is 0.545. The van der Waals surface area contributed by atoms with Gasteiger partial charge in [-0.2, -0.15) is 0 Å². The Hall–Kier alpha value is -1.88. The first-order valence-electron chi connectivity index (χ1n) is 5.24. The van der Waals surface area contributed by atoms with Gasteiger partial charge in [-0.1, -0.05) is 0 Å². The van der Waals surface area contributed by atoms with Crippen molar-refractivity contribution < 1.29 is 4.42 Å². The smallest absolute Gasteiger partial charge is 0.197 e. The molecule has 1 aliphatic heterocycles. The van der Waals surface area contributed by atoms with E-state index in [9.17, 15) is 0 Å². The van der Waals surface area contributed by atoms with E-state index in [0.717, 1.165) is 30.8 Å². The maximum absolute atomic E-state index is 5.92. The third-order valence-electron chi connectivity index (χ3n) is 2.71. The van der Waals surface area contributed by atoms with Gasteiger partial charge >= 0.3 is 0 Å². The second-order valence-corrected chi connectivity index (χ2v) is 3.76. The molecule has 1 aliphatic rings. The SMILES string of the molecule is Nc1nc(-c2ccco2)nc2c1CNCC2. The van der Waals surface area contributed by atoms with Crippen LogP contribution in [0.15, 0.2) is 22.8 Å². The average Bonchev–Trinajstić information content (AvgIpc) is 2.82. The van der Waals surface area contributed by atoms with Gasteiger partial charge in [0, 0.05) is 25.1 Å². The quantitative estimate of drug-likeness (QED) is 0.742. The van der Waals surface area contributed by atoms with E-state index in [1.54, 1.807) is 6.26 Å². The van der Waals surface area contributed by atoms with E-state index in [0.29, 0.717) is 17.4 Å². The fourth-order valence-corrected chi connectivity index (χ4v) is 1.89. The largest absolute Gasteiger partial charge is 0.461 e. The Labute approximate surface area is 92.7 Å². The van der Waals surface area contributed by atoms with Gasteiger partial charge < -0.3 is 15.5 Å². The van der Waals surface area contributed by atoms with E-state index in [-0.39, 0.29) is 0 Å². The van der Waals surface area contributed by atoms with Crippen LogP contribution in [0.2, 0.25) is 0 Å². The van der Waals surface area contributed by atoms with Crippen molar-refractivity contribution in [3.63, 3.8) is 0 Å². The number of nitrogen functional groups attached to an aromatic ring is 1. The summed E-state index contributed by atoms with van der Waals surface area (Å²) in [7, 11) is 0. The number of fused-ring (bicyclic) bond motifs is 1. The molecule has 82 valence electrons. The van der Waals surface area contributed by atoms with Gasteiger partial charge in [0.05, 0.1) is 12.0 Å². The molecule has 0 saturated carbocycles. The molecular weight excluding hydrogens is 204 g/mol. The minimum Gasteiger partial charge on any atom is -0.461 e. The van der Waals surface area contributed by atoms with E-state index in [1.807, 2.05) is 12.1 Å². The fourth-order valence-electron chi connectivity index (χ4n) is 1.89. The molecule has 16 heavy (non-hydrogen) atoms. The first kappa shape index (κ1) is 9.35. The Bertz CT molecular complexity index is 507. The van der Waals surface area contributed by atoms with Crippen molar-refractivity contribution in [2.75, 3.05) is 12.3 Å². The van der Waals surface area contributed by atoms with Crippen LogP contribution in [-0.2, 0) is 13.0 Å². The molecule has 0 fully saturated rings. The zero-order valence-corrected chi connectivity index (χ0v) is 8.73. The van der Waals surface area contributed by atoms with Crippen LogP contribution in [0.25, 0.3) is 11.6 Å². The van der Waals surface area contributed by atoms with E-state index in [4.69, 9.17) is 10.2 Å². The van der Waals surface area contributed by atoms with Gasteiger partial charge in [0.15, 0.2) is 11.6 Å². The number of furan rings is 1. The van der Waals surface area contributed by atoms with Crippen LogP contribution >= 0.6 is 0 Å². The second kappa shape index (κ2) is 3.61. The maximum Gasteiger partial charge on any atom is 0.197 e. The van der Waals surface area contributed by atoms with Gasteiger partial charge in [0.25, 0.3) is 0 Å². The van der Waals surface area contributed by atoms with Crippen LogP contribution in [0, 0.1) is 0 Å². The summed E-state index contributed by atoms with van der Waals surface area (Å²) in [5.41, 5.74) is 7.96. The highest BCUT2D eigenvalue weighted by Gasteiger charge is 2.17. The molecule has 0 bridgehead atoms. The van der Waals surface area contributed by atoms with Crippen molar-refractivity contribution in [2.24, 2.45) is 0 Å². The molecule has 0 atom stereocenters. The van der Waals surface area contributed by atoms with Gasteiger partial charge in [0.2, 0.25) is 0 Å². The number of rotatable bonds is 1. The number of hydrogen-bond donors (Lipinski definition) is 2. The molecule has 3 N–H and O–H groups in total. The highest BCUT2D eigenvalue weighted by molar-refractivity contribution is 5.54. The number of nitrogens with two attached hydrogens (primary N) is 1. The van der Waals surface area contributed by atoms with Crippen molar-refractivity contribution in [2.45, 2.75) is 13.0 Å². The third kappa shape index (κ3) is 1.45. The minimum atomic E-state index is 0.545. The van der Waals surface area contributed by atoms with E-state index in [2.05, 4.69) is 15.3 Å². The first-order valence-corrected chi connectivity index (χ1v) is 5.24. The predicted molar refractivity (Wildman–Crippen MR) is 59.6 cm³/mol. The zero-order chi connectivity index (χ0) is 11.0. The summed E-state index contributed by atoms with van der Waals surface area (Å²) in [6.45, 7) is 1.68. The average molecular weight is 216 g/mol. The Kier molecular flexibility index (Phi) is 2.11. The van der Waals surface area contributed by atoms with Gasteiger partial charge in [-0.05, 0) is 12.1 Å². The number of nitrogens with one attached hydrogen (secondary N) is 1. The number of aromatic nitrogens is 2. The number of anilines is 1. The van der Waals surface area contributed by atoms with Crippen LogP contribution in [-0.4, -0.2) is 16.5 Å². The standard InChI is InChI=1S/C11H12N4O/c12-10-7-6-13-4-3-8(7)14-11(15-10)9-2-1-5-16-9/h1-2,5,13H,3-4,6H2,(H2,12,14,15). The van der Waals surface area contributed by atoms with Gasteiger partial charge in [-0.3, -0.25) is 0 Å². The Morgan fingerprint density at radius 1 is 1.38 bits per heavy atom. The summed E-state index contributed by atoms with van der Waals surface area (Å²) in [6.07, 6.45) is 2.49. The molecule has 2 aromatic heterocycles. The summed E-state index contributed by atoms with van der Waals surface area (Å²) in [5.74, 6) is 1.78. The predicted octanol–water partition coefficient (Wildman–Crippen LogP) is 0.964. The van der Waals surface area contributed by atoms with Crippen molar-refractivity contribution in [3.8, 4) is 11.6 Å². The summed E-state index contributed by atoms with van der Waals surface area (Å²) < 4.78 is 5.27. The van der Waals surface area contributed by atoms with E-state index >= 15 is 0 Å². The molecule has 0 aliphatic carbocycles. The van der Waals surface area contributed by atoms with Crippen LogP contribution in [0.4, 0.5) is 5.82 Å². The monoisotopic (exact) mass is 216 g/mol. The topological polar surface area (TPSA) is 77.0 Å². The molecule has 0 saturated heterocycles. The molecule has 0 unspecified atom stereocenters.